The predicted octanol–water partition coefficient (Wildman–Crippen LogP) is 1.18. The summed E-state index contributed by atoms with van der Waals surface area (Å²) in [6.07, 6.45) is 7.54. The van der Waals surface area contributed by atoms with E-state index >= 15 is 0 Å². The Labute approximate surface area is 128 Å². The van der Waals surface area contributed by atoms with Crippen molar-refractivity contribution >= 4 is 21.4 Å². The van der Waals surface area contributed by atoms with Gasteiger partial charge in [0, 0.05) is 42.9 Å². The van der Waals surface area contributed by atoms with Gasteiger partial charge >= 0.3 is 0 Å². The topological polar surface area (TPSA) is 76.0 Å². The van der Waals surface area contributed by atoms with Crippen LogP contribution in [0, 0.1) is 0 Å². The molecule has 1 aliphatic rings. The van der Waals surface area contributed by atoms with Crippen LogP contribution in [0.4, 0.5) is 0 Å². The molecule has 114 valence electrons. The number of thiophene rings is 1. The summed E-state index contributed by atoms with van der Waals surface area (Å²) in [5, 5.41) is 5.18. The van der Waals surface area contributed by atoms with Crippen LogP contribution in [0.3, 0.4) is 0 Å². The van der Waals surface area contributed by atoms with Gasteiger partial charge in [-0.25, -0.2) is 18.1 Å². The Balaban J connectivity index is 1.59. The number of nitrogens with one attached hydrogen (secondary N) is 2. The largest absolute Gasteiger partial charge is 0.336 e. The molecule has 0 aromatic carbocycles. The molecule has 6 nitrogen and oxygen atoms in total. The zero-order valence-electron chi connectivity index (χ0n) is 11.5. The van der Waals surface area contributed by atoms with Crippen molar-refractivity contribution in [1.82, 2.24) is 19.6 Å². The van der Waals surface area contributed by atoms with Crippen molar-refractivity contribution in [3.05, 3.63) is 35.0 Å². The number of aromatic nitrogens is 2. The van der Waals surface area contributed by atoms with Crippen LogP contribution in [0.15, 0.2) is 35.1 Å². The third kappa shape index (κ3) is 3.91. The number of rotatable bonds is 8. The smallest absolute Gasteiger partial charge is 0.241 e. The molecule has 0 amide bonds. The minimum absolute atomic E-state index is 0.351. The first-order chi connectivity index (χ1) is 10.1. The van der Waals surface area contributed by atoms with E-state index in [1.54, 1.807) is 18.6 Å². The molecule has 0 bridgehead atoms. The lowest BCUT2D eigenvalue weighted by Gasteiger charge is -2.08. The third-order valence-corrected chi connectivity index (χ3v) is 5.94. The Morgan fingerprint density at radius 2 is 2.29 bits per heavy atom. The molecule has 2 aromatic rings. The van der Waals surface area contributed by atoms with Gasteiger partial charge < -0.3 is 9.88 Å². The number of imidazole rings is 1. The molecule has 3 rings (SSSR count). The molecule has 1 fully saturated rings. The Morgan fingerprint density at radius 3 is 3.00 bits per heavy atom. The highest BCUT2D eigenvalue weighted by molar-refractivity contribution is 7.89. The molecule has 0 radical (unpaired) electrons. The lowest BCUT2D eigenvalue weighted by Crippen LogP contribution is -2.28. The molecular formula is C13H18N4O2S2. The fourth-order valence-corrected chi connectivity index (χ4v) is 4.44. The molecule has 21 heavy (non-hydrogen) atoms. The Kier molecular flexibility index (Phi) is 4.39. The number of sulfonamides is 1. The second kappa shape index (κ2) is 6.27. The van der Waals surface area contributed by atoms with Gasteiger partial charge in [-0.1, -0.05) is 0 Å². The summed E-state index contributed by atoms with van der Waals surface area (Å²) in [6, 6.07) is 2.24. The van der Waals surface area contributed by atoms with Crippen LogP contribution in [-0.2, 0) is 23.1 Å². The Hall–Kier alpha value is -1.22. The Bertz CT molecular complexity index is 675. The molecule has 2 aromatic heterocycles. The minimum atomic E-state index is -3.44. The van der Waals surface area contributed by atoms with E-state index in [1.165, 1.54) is 24.2 Å². The summed E-state index contributed by atoms with van der Waals surface area (Å²) >= 11 is 1.48. The fourth-order valence-electron chi connectivity index (χ4n) is 2.03. The van der Waals surface area contributed by atoms with Gasteiger partial charge in [0.15, 0.2) is 0 Å². The average molecular weight is 326 g/mol. The van der Waals surface area contributed by atoms with Gasteiger partial charge in [0.1, 0.15) is 0 Å². The maximum absolute atomic E-state index is 12.3. The lowest BCUT2D eigenvalue weighted by atomic mass is 10.4. The van der Waals surface area contributed by atoms with Gasteiger partial charge in [0.25, 0.3) is 0 Å². The van der Waals surface area contributed by atoms with Crippen molar-refractivity contribution in [2.24, 2.45) is 0 Å². The zero-order chi connectivity index (χ0) is 14.7. The van der Waals surface area contributed by atoms with Gasteiger partial charge in [-0.05, 0) is 24.3 Å². The number of hydrogen-bond donors (Lipinski definition) is 2. The summed E-state index contributed by atoms with van der Waals surface area (Å²) in [7, 11) is -3.44. The molecule has 1 saturated carbocycles. The van der Waals surface area contributed by atoms with E-state index in [9.17, 15) is 8.42 Å². The normalized spacial score (nSPS) is 15.4. The van der Waals surface area contributed by atoms with Gasteiger partial charge in [-0.2, -0.15) is 0 Å². The van der Waals surface area contributed by atoms with Crippen LogP contribution in [0.25, 0.3) is 0 Å². The summed E-state index contributed by atoms with van der Waals surface area (Å²) in [5.41, 5.74) is 0. The minimum Gasteiger partial charge on any atom is -0.336 e. The zero-order valence-corrected chi connectivity index (χ0v) is 13.2. The first-order valence-electron chi connectivity index (χ1n) is 6.90. The maximum Gasteiger partial charge on any atom is 0.241 e. The van der Waals surface area contributed by atoms with E-state index in [-0.39, 0.29) is 0 Å². The van der Waals surface area contributed by atoms with Crippen molar-refractivity contribution in [1.29, 1.82) is 0 Å². The van der Waals surface area contributed by atoms with Gasteiger partial charge in [-0.3, -0.25) is 0 Å². The predicted molar refractivity (Wildman–Crippen MR) is 81.6 cm³/mol. The highest BCUT2D eigenvalue weighted by atomic mass is 32.2. The van der Waals surface area contributed by atoms with Crippen molar-refractivity contribution in [2.45, 2.75) is 36.9 Å². The van der Waals surface area contributed by atoms with E-state index in [0.29, 0.717) is 30.6 Å². The highest BCUT2D eigenvalue weighted by Gasteiger charge is 2.23. The van der Waals surface area contributed by atoms with Crippen molar-refractivity contribution in [3.63, 3.8) is 0 Å². The summed E-state index contributed by atoms with van der Waals surface area (Å²) in [6.45, 7) is 1.54. The first kappa shape index (κ1) is 14.7. The molecule has 0 aliphatic heterocycles. The van der Waals surface area contributed by atoms with Crippen molar-refractivity contribution in [3.8, 4) is 0 Å². The average Bonchev–Trinajstić information content (AvgIpc) is 2.93. The van der Waals surface area contributed by atoms with Crippen LogP contribution in [-0.4, -0.2) is 30.6 Å². The third-order valence-electron chi connectivity index (χ3n) is 3.34. The van der Waals surface area contributed by atoms with Crippen LogP contribution in [0.5, 0.6) is 0 Å². The van der Waals surface area contributed by atoms with Gasteiger partial charge in [0.2, 0.25) is 10.0 Å². The second-order valence-corrected chi connectivity index (χ2v) is 7.80. The Morgan fingerprint density at radius 1 is 1.43 bits per heavy atom. The molecular weight excluding hydrogens is 308 g/mol. The number of nitrogens with zero attached hydrogens (tertiary/aromatic N) is 2. The molecule has 0 atom stereocenters. The molecule has 0 unspecified atom stereocenters. The van der Waals surface area contributed by atoms with E-state index in [1.807, 2.05) is 16.1 Å². The SMILES string of the molecule is O=S(=O)(NCCn1ccnc1)c1ccsc1CNC1CC1. The molecule has 0 saturated heterocycles. The van der Waals surface area contributed by atoms with E-state index in [4.69, 9.17) is 0 Å². The summed E-state index contributed by atoms with van der Waals surface area (Å²) in [5.74, 6) is 0. The van der Waals surface area contributed by atoms with Gasteiger partial charge in [-0.15, -0.1) is 11.3 Å². The second-order valence-electron chi connectivity index (χ2n) is 5.06. The van der Waals surface area contributed by atoms with E-state index < -0.39 is 10.0 Å². The fraction of sp³-hybridized carbons (Fsp3) is 0.462. The van der Waals surface area contributed by atoms with Gasteiger partial charge in [0.05, 0.1) is 11.2 Å². The molecule has 8 heteroatoms. The first-order valence-corrected chi connectivity index (χ1v) is 9.26. The standard InChI is InChI=1S/C13H18N4O2S2/c18-21(19,16-5-7-17-6-4-14-10-17)13-3-8-20-12(13)9-15-11-1-2-11/h3-4,6,8,10-11,15-16H,1-2,5,7,9H2. The number of hydrogen-bond acceptors (Lipinski definition) is 5. The highest BCUT2D eigenvalue weighted by Crippen LogP contribution is 2.24. The summed E-state index contributed by atoms with van der Waals surface area (Å²) in [4.78, 5) is 5.19. The molecule has 2 heterocycles. The monoisotopic (exact) mass is 326 g/mol. The quantitative estimate of drug-likeness (QED) is 0.764. The summed E-state index contributed by atoms with van der Waals surface area (Å²) < 4.78 is 29.2. The lowest BCUT2D eigenvalue weighted by molar-refractivity contribution is 0.571. The molecule has 2 N–H and O–H groups in total. The van der Waals surface area contributed by atoms with E-state index in [0.717, 1.165) is 4.88 Å². The molecule has 1 aliphatic carbocycles. The van der Waals surface area contributed by atoms with Crippen LogP contribution < -0.4 is 10.0 Å². The van der Waals surface area contributed by atoms with Crippen molar-refractivity contribution < 1.29 is 8.42 Å². The van der Waals surface area contributed by atoms with Crippen LogP contribution in [0.1, 0.15) is 17.7 Å². The van der Waals surface area contributed by atoms with E-state index in [2.05, 4.69) is 15.0 Å². The maximum atomic E-state index is 12.3. The van der Waals surface area contributed by atoms with Crippen LogP contribution in [0.2, 0.25) is 0 Å². The van der Waals surface area contributed by atoms with Crippen LogP contribution >= 0.6 is 11.3 Å². The van der Waals surface area contributed by atoms with Crippen molar-refractivity contribution in [2.75, 3.05) is 6.54 Å². The molecule has 0 spiro atoms.